The average molecular weight is 366 g/mol. The summed E-state index contributed by atoms with van der Waals surface area (Å²) in [6.07, 6.45) is -3.50. The van der Waals surface area contributed by atoms with Crippen molar-refractivity contribution >= 4 is 34.3 Å². The Morgan fingerprint density at radius 2 is 2.08 bits per heavy atom. The fraction of sp³-hybridized carbons (Fsp3) is 0.333. The Morgan fingerprint density at radius 1 is 1.50 bits per heavy atom. The van der Waals surface area contributed by atoms with E-state index in [1.165, 1.54) is 0 Å². The van der Waals surface area contributed by atoms with Crippen LogP contribution in [0.25, 0.3) is 10.9 Å². The first-order chi connectivity index (χ1) is 11.1. The van der Waals surface area contributed by atoms with Crippen LogP contribution in [0.1, 0.15) is 0 Å². The number of nitrogens with one attached hydrogen (secondary N) is 1. The molecule has 24 heavy (non-hydrogen) atoms. The van der Waals surface area contributed by atoms with Crippen molar-refractivity contribution in [3.8, 4) is 6.07 Å². The highest BCUT2D eigenvalue weighted by atomic mass is 35.5. The van der Waals surface area contributed by atoms with E-state index < -0.39 is 17.8 Å². The molecule has 0 radical (unpaired) electrons. The number of aromatic nitrogens is 3. The lowest BCUT2D eigenvalue weighted by atomic mass is 9.98. The van der Waals surface area contributed by atoms with E-state index in [1.807, 2.05) is 0 Å². The van der Waals surface area contributed by atoms with Gasteiger partial charge in [-0.1, -0.05) is 11.6 Å². The number of H-pyrrole nitrogens is 1. The Hall–Kier alpha value is -2.61. The van der Waals surface area contributed by atoms with Crippen molar-refractivity contribution in [3.63, 3.8) is 0 Å². The third-order valence-corrected chi connectivity index (χ3v) is 3.23. The van der Waals surface area contributed by atoms with E-state index in [1.54, 1.807) is 23.2 Å². The number of anilines is 1. The molecule has 0 spiro atoms. The number of pyridine rings is 1. The number of hydrogen-bond acceptors (Lipinski definition) is 5. The maximum atomic E-state index is 13.5. The van der Waals surface area contributed by atoms with Gasteiger partial charge in [0, 0.05) is 12.3 Å². The van der Waals surface area contributed by atoms with Crippen molar-refractivity contribution in [3.05, 3.63) is 17.4 Å². The van der Waals surface area contributed by atoms with Gasteiger partial charge in [0.2, 0.25) is 5.67 Å². The van der Waals surface area contributed by atoms with Gasteiger partial charge in [-0.25, -0.2) is 14.2 Å². The number of nitrogens with zero attached hydrogens (tertiary/aromatic N) is 4. The molecular formula is C12H8ClF4N5O2. The highest BCUT2D eigenvalue weighted by Gasteiger charge is 2.45. The molecule has 128 valence electrons. The van der Waals surface area contributed by atoms with E-state index in [0.29, 0.717) is 11.0 Å². The number of halogens is 5. The van der Waals surface area contributed by atoms with Gasteiger partial charge in [0.25, 0.3) is 0 Å². The molecule has 3 heterocycles. The lowest BCUT2D eigenvalue weighted by molar-refractivity contribution is -0.192. The van der Waals surface area contributed by atoms with Crippen molar-refractivity contribution in [1.29, 1.82) is 5.26 Å². The number of carboxylic acids is 1. The van der Waals surface area contributed by atoms with Crippen molar-refractivity contribution < 1.29 is 27.5 Å². The van der Waals surface area contributed by atoms with Crippen LogP contribution in [-0.2, 0) is 4.79 Å². The molecule has 1 fully saturated rings. The molecule has 2 aromatic rings. The maximum absolute atomic E-state index is 13.5. The standard InChI is InChI=1S/C10H7ClFN5.C2HF3O2/c11-8-1-7-6(2-14-8)9(16-15-7)17-4-10(12,3-13)5-17;3-2(4,5)1(6)7/h1-2H,4-5H2,(H,15,16);(H,6,7). The minimum absolute atomic E-state index is 0.0338. The van der Waals surface area contributed by atoms with Crippen LogP contribution >= 0.6 is 11.6 Å². The Kier molecular flexibility index (Phi) is 4.52. The molecule has 2 N–H and O–H groups in total. The number of nitriles is 1. The smallest absolute Gasteiger partial charge is 0.475 e. The van der Waals surface area contributed by atoms with Crippen molar-refractivity contribution in [2.45, 2.75) is 11.8 Å². The molecule has 1 aliphatic heterocycles. The monoisotopic (exact) mass is 365 g/mol. The van der Waals surface area contributed by atoms with Gasteiger partial charge < -0.3 is 10.0 Å². The largest absolute Gasteiger partial charge is 0.490 e. The Labute approximate surface area is 136 Å². The summed E-state index contributed by atoms with van der Waals surface area (Å²) in [4.78, 5) is 14.5. The normalized spacial score (nSPS) is 15.9. The van der Waals surface area contributed by atoms with E-state index in [-0.39, 0.29) is 13.1 Å². The zero-order valence-corrected chi connectivity index (χ0v) is 12.4. The zero-order valence-electron chi connectivity index (χ0n) is 11.6. The molecule has 12 heteroatoms. The maximum Gasteiger partial charge on any atom is 0.490 e. The topological polar surface area (TPSA) is 106 Å². The summed E-state index contributed by atoms with van der Waals surface area (Å²) in [5.74, 6) is -2.15. The van der Waals surface area contributed by atoms with Crippen LogP contribution in [0.4, 0.5) is 23.4 Å². The quantitative estimate of drug-likeness (QED) is 0.593. The number of aliphatic carboxylic acids is 1. The van der Waals surface area contributed by atoms with Gasteiger partial charge in [-0.3, -0.25) is 5.10 Å². The first kappa shape index (κ1) is 17.7. The minimum Gasteiger partial charge on any atom is -0.475 e. The van der Waals surface area contributed by atoms with Gasteiger partial charge >= 0.3 is 12.1 Å². The van der Waals surface area contributed by atoms with Gasteiger partial charge in [-0.05, 0) is 0 Å². The number of carboxylic acid groups (broad SMARTS) is 1. The summed E-state index contributed by atoms with van der Waals surface area (Å²) in [6, 6.07) is 3.30. The van der Waals surface area contributed by atoms with Crippen LogP contribution < -0.4 is 4.90 Å². The van der Waals surface area contributed by atoms with Gasteiger partial charge in [0.15, 0.2) is 5.82 Å². The third-order valence-electron chi connectivity index (χ3n) is 3.02. The van der Waals surface area contributed by atoms with Crippen molar-refractivity contribution in [1.82, 2.24) is 15.2 Å². The number of carbonyl (C=O) groups is 1. The van der Waals surface area contributed by atoms with Gasteiger partial charge in [-0.2, -0.15) is 23.5 Å². The van der Waals surface area contributed by atoms with Crippen molar-refractivity contribution in [2.24, 2.45) is 0 Å². The number of rotatable bonds is 1. The Balaban J connectivity index is 0.000000256. The summed E-state index contributed by atoms with van der Waals surface area (Å²) < 4.78 is 45.2. The van der Waals surface area contributed by atoms with Gasteiger partial charge in [-0.15, -0.1) is 0 Å². The Bertz CT molecular complexity index is 810. The fourth-order valence-electron chi connectivity index (χ4n) is 1.89. The molecule has 0 aliphatic carbocycles. The number of alkyl halides is 4. The molecule has 3 rings (SSSR count). The number of aromatic amines is 1. The van der Waals surface area contributed by atoms with Gasteiger partial charge in [0.1, 0.15) is 11.2 Å². The minimum atomic E-state index is -5.08. The Morgan fingerprint density at radius 3 is 2.58 bits per heavy atom. The average Bonchev–Trinajstić information content (AvgIpc) is 2.86. The SMILES string of the molecule is N#CC1(F)CN(c2n[nH]c3cc(Cl)ncc23)C1.O=C(O)C(F)(F)F. The van der Waals surface area contributed by atoms with Crippen LogP contribution in [0.3, 0.4) is 0 Å². The molecule has 2 aromatic heterocycles. The summed E-state index contributed by atoms with van der Waals surface area (Å²) in [5.41, 5.74) is -1.01. The highest BCUT2D eigenvalue weighted by Crippen LogP contribution is 2.33. The molecule has 1 saturated heterocycles. The predicted molar refractivity (Wildman–Crippen MR) is 74.3 cm³/mol. The second kappa shape index (κ2) is 6.12. The molecule has 0 atom stereocenters. The molecule has 0 unspecified atom stereocenters. The molecule has 0 saturated carbocycles. The second-order valence-electron chi connectivity index (χ2n) is 4.84. The van der Waals surface area contributed by atoms with E-state index in [9.17, 15) is 17.6 Å². The van der Waals surface area contributed by atoms with Crippen LogP contribution in [0.2, 0.25) is 5.15 Å². The lowest BCUT2D eigenvalue weighted by Gasteiger charge is -2.40. The summed E-state index contributed by atoms with van der Waals surface area (Å²) in [6.45, 7) is 0.0676. The van der Waals surface area contributed by atoms with E-state index in [4.69, 9.17) is 26.8 Å². The summed E-state index contributed by atoms with van der Waals surface area (Å²) in [5, 5.41) is 23.8. The first-order valence-corrected chi connectivity index (χ1v) is 6.58. The molecule has 1 aliphatic rings. The van der Waals surface area contributed by atoms with E-state index in [2.05, 4.69) is 15.2 Å². The zero-order chi connectivity index (χ0) is 18.1. The predicted octanol–water partition coefficient (Wildman–Crippen LogP) is 2.30. The van der Waals surface area contributed by atoms with Crippen molar-refractivity contribution in [2.75, 3.05) is 18.0 Å². The molecular weight excluding hydrogens is 358 g/mol. The second-order valence-corrected chi connectivity index (χ2v) is 5.22. The summed E-state index contributed by atoms with van der Waals surface area (Å²) in [7, 11) is 0. The lowest BCUT2D eigenvalue weighted by Crippen LogP contribution is -2.58. The fourth-order valence-corrected chi connectivity index (χ4v) is 2.05. The van der Waals surface area contributed by atoms with Crippen LogP contribution in [0.5, 0.6) is 0 Å². The van der Waals surface area contributed by atoms with Crippen LogP contribution in [0, 0.1) is 11.3 Å². The molecule has 0 amide bonds. The number of fused-ring (bicyclic) bond motifs is 1. The number of hydrogen-bond donors (Lipinski definition) is 2. The van der Waals surface area contributed by atoms with E-state index in [0.717, 1.165) is 10.9 Å². The highest BCUT2D eigenvalue weighted by molar-refractivity contribution is 6.30. The first-order valence-electron chi connectivity index (χ1n) is 6.20. The molecule has 7 nitrogen and oxygen atoms in total. The van der Waals surface area contributed by atoms with Crippen LogP contribution in [-0.4, -0.2) is 51.2 Å². The molecule has 0 bridgehead atoms. The molecule has 0 aromatic carbocycles. The summed E-state index contributed by atoms with van der Waals surface area (Å²) >= 11 is 5.75. The van der Waals surface area contributed by atoms with E-state index >= 15 is 0 Å². The third kappa shape index (κ3) is 3.65. The van der Waals surface area contributed by atoms with Crippen LogP contribution in [0.15, 0.2) is 12.3 Å². The van der Waals surface area contributed by atoms with Gasteiger partial charge in [0.05, 0.1) is 24.0 Å².